The third kappa shape index (κ3) is 1.91. The summed E-state index contributed by atoms with van der Waals surface area (Å²) in [6, 6.07) is 0. The van der Waals surface area contributed by atoms with Crippen molar-refractivity contribution in [3.05, 3.63) is 21.4 Å². The highest BCUT2D eigenvalue weighted by molar-refractivity contribution is 6.42. The Balaban J connectivity index is 2.46. The Morgan fingerprint density at radius 2 is 1.29 bits per heavy atom. The van der Waals surface area contributed by atoms with Crippen LogP contribution in [0.5, 0.6) is 11.5 Å². The third-order valence-electron chi connectivity index (χ3n) is 2.73. The van der Waals surface area contributed by atoms with Crippen molar-refractivity contribution >= 4 is 46.2 Å². The fraction of sp³-hybridized carbons (Fsp3) is 0.0909. The second kappa shape index (κ2) is 4.61. The number of rotatable bonds is 2. The number of carboxylic acid groups (broad SMARTS) is 2. The summed E-state index contributed by atoms with van der Waals surface area (Å²) in [5.74, 6) is -2.87. The lowest BCUT2D eigenvalue weighted by Crippen LogP contribution is -2.13. The van der Waals surface area contributed by atoms with E-state index in [-0.39, 0.29) is 39.4 Å². The van der Waals surface area contributed by atoms with Crippen molar-refractivity contribution in [2.45, 2.75) is 0 Å². The van der Waals surface area contributed by atoms with E-state index in [4.69, 9.17) is 42.9 Å². The van der Waals surface area contributed by atoms with Crippen LogP contribution in [0.2, 0.25) is 10.0 Å². The molecule has 1 aliphatic heterocycles. The Bertz CT molecular complexity index is 756. The zero-order valence-electron chi connectivity index (χ0n) is 9.88. The first kappa shape index (κ1) is 13.7. The largest absolute Gasteiger partial charge is 0.476 e. The molecule has 21 heavy (non-hydrogen) atoms. The molecule has 0 radical (unpaired) electrons. The summed E-state index contributed by atoms with van der Waals surface area (Å²) in [4.78, 5) is 29.7. The van der Waals surface area contributed by atoms with Crippen LogP contribution in [-0.4, -0.2) is 38.9 Å². The minimum atomic E-state index is -1.55. The van der Waals surface area contributed by atoms with Crippen molar-refractivity contribution in [2.24, 2.45) is 0 Å². The van der Waals surface area contributed by atoms with Crippen LogP contribution in [0, 0.1) is 0 Å². The zero-order valence-corrected chi connectivity index (χ0v) is 11.4. The summed E-state index contributed by atoms with van der Waals surface area (Å²) in [5.41, 5.74) is -1.64. The van der Waals surface area contributed by atoms with Gasteiger partial charge in [0.15, 0.2) is 22.9 Å². The predicted octanol–water partition coefficient (Wildman–Crippen LogP) is 2.06. The maximum Gasteiger partial charge on any atom is 0.357 e. The van der Waals surface area contributed by atoms with Crippen molar-refractivity contribution in [1.82, 2.24) is 9.97 Å². The van der Waals surface area contributed by atoms with Gasteiger partial charge in [0.2, 0.25) is 6.79 Å². The first-order valence-electron chi connectivity index (χ1n) is 5.36. The van der Waals surface area contributed by atoms with E-state index in [1.165, 1.54) is 0 Å². The number of carboxylic acids is 2. The molecule has 1 aliphatic rings. The molecule has 1 aromatic carbocycles. The number of nitrogens with zero attached hydrogens (tertiary/aromatic N) is 2. The van der Waals surface area contributed by atoms with E-state index >= 15 is 0 Å². The molecule has 2 heterocycles. The van der Waals surface area contributed by atoms with Crippen molar-refractivity contribution in [3.8, 4) is 11.5 Å². The van der Waals surface area contributed by atoms with Crippen LogP contribution < -0.4 is 9.47 Å². The Labute approximate surface area is 125 Å². The van der Waals surface area contributed by atoms with Crippen molar-refractivity contribution in [3.63, 3.8) is 0 Å². The van der Waals surface area contributed by atoms with Crippen molar-refractivity contribution in [2.75, 3.05) is 6.79 Å². The molecule has 1 aromatic heterocycles. The molecule has 0 aliphatic carbocycles. The minimum Gasteiger partial charge on any atom is -0.476 e. The van der Waals surface area contributed by atoms with Gasteiger partial charge in [-0.2, -0.15) is 0 Å². The van der Waals surface area contributed by atoms with Gasteiger partial charge in [0, 0.05) is 0 Å². The molecule has 0 bridgehead atoms. The monoisotopic (exact) mass is 330 g/mol. The lowest BCUT2D eigenvalue weighted by molar-refractivity contribution is 0.0642. The SMILES string of the molecule is O=C(O)c1nc2c(Cl)c3c(c(Cl)c2nc1C(=O)O)OCO3. The molecule has 2 aromatic rings. The minimum absolute atomic E-state index is 0.0474. The zero-order chi connectivity index (χ0) is 15.3. The molecule has 0 amide bonds. The molecule has 8 nitrogen and oxygen atoms in total. The lowest BCUT2D eigenvalue weighted by Gasteiger charge is -2.08. The molecule has 10 heteroatoms. The molecular formula is C11H4Cl2N2O6. The molecule has 0 saturated carbocycles. The van der Waals surface area contributed by atoms with E-state index in [1.807, 2.05) is 0 Å². The average molecular weight is 331 g/mol. The van der Waals surface area contributed by atoms with Gasteiger partial charge in [-0.05, 0) is 0 Å². The van der Waals surface area contributed by atoms with Crippen molar-refractivity contribution < 1.29 is 29.3 Å². The summed E-state index contributed by atoms with van der Waals surface area (Å²) < 4.78 is 10.3. The highest BCUT2D eigenvalue weighted by Gasteiger charge is 2.29. The average Bonchev–Trinajstić information content (AvgIpc) is 2.93. The first-order valence-corrected chi connectivity index (χ1v) is 6.12. The second-order valence-corrected chi connectivity index (χ2v) is 4.68. The molecule has 3 rings (SSSR count). The van der Waals surface area contributed by atoms with E-state index in [0.717, 1.165) is 0 Å². The highest BCUT2D eigenvalue weighted by Crippen LogP contribution is 2.48. The van der Waals surface area contributed by atoms with Gasteiger partial charge in [-0.15, -0.1) is 0 Å². The number of benzene rings is 1. The quantitative estimate of drug-likeness (QED) is 0.858. The maximum atomic E-state index is 11.1. The Morgan fingerprint density at radius 3 is 1.62 bits per heavy atom. The number of aromatic nitrogens is 2. The van der Waals surface area contributed by atoms with Crippen LogP contribution in [0.4, 0.5) is 0 Å². The van der Waals surface area contributed by atoms with E-state index in [0.29, 0.717) is 0 Å². The third-order valence-corrected chi connectivity index (χ3v) is 3.43. The van der Waals surface area contributed by atoms with Gasteiger partial charge in [0.25, 0.3) is 0 Å². The molecular weight excluding hydrogens is 327 g/mol. The standard InChI is InChI=1S/C11H4Cl2N2O6/c12-2-4-5(3(13)9-8(2)20-1-21-9)15-7(11(18)19)6(14-4)10(16)17/h1H2,(H,16,17)(H,18,19). The van der Waals surface area contributed by atoms with Crippen LogP contribution in [-0.2, 0) is 0 Å². The Hall–Kier alpha value is -2.32. The molecule has 2 N–H and O–H groups in total. The Kier molecular flexibility index (Phi) is 2.99. The maximum absolute atomic E-state index is 11.1. The molecule has 0 unspecified atom stereocenters. The normalized spacial score (nSPS) is 12.7. The fourth-order valence-electron chi connectivity index (χ4n) is 1.86. The van der Waals surface area contributed by atoms with Crippen LogP contribution in [0.15, 0.2) is 0 Å². The number of ether oxygens (including phenoxy) is 2. The predicted molar refractivity (Wildman–Crippen MR) is 69.6 cm³/mol. The number of fused-ring (bicyclic) bond motifs is 2. The number of halogens is 2. The number of carbonyl (C=O) groups is 2. The lowest BCUT2D eigenvalue weighted by atomic mass is 10.2. The van der Waals surface area contributed by atoms with E-state index < -0.39 is 23.3 Å². The molecule has 0 spiro atoms. The fourth-order valence-corrected chi connectivity index (χ4v) is 2.40. The summed E-state index contributed by atoms with van der Waals surface area (Å²) in [6.45, 7) is -0.122. The van der Waals surface area contributed by atoms with Crippen LogP contribution in [0.25, 0.3) is 11.0 Å². The van der Waals surface area contributed by atoms with E-state index in [2.05, 4.69) is 9.97 Å². The number of hydrogen-bond donors (Lipinski definition) is 2. The summed E-state index contributed by atoms with van der Waals surface area (Å²) in [7, 11) is 0. The van der Waals surface area contributed by atoms with Gasteiger partial charge in [0.1, 0.15) is 21.1 Å². The number of hydrogen-bond acceptors (Lipinski definition) is 6. The summed E-state index contributed by atoms with van der Waals surface area (Å²) in [6.07, 6.45) is 0. The smallest absolute Gasteiger partial charge is 0.357 e. The van der Waals surface area contributed by atoms with Gasteiger partial charge in [-0.3, -0.25) is 0 Å². The van der Waals surface area contributed by atoms with Gasteiger partial charge in [-0.25, -0.2) is 19.6 Å². The number of aromatic carboxylic acids is 2. The van der Waals surface area contributed by atoms with Crippen LogP contribution >= 0.6 is 23.2 Å². The van der Waals surface area contributed by atoms with E-state index in [9.17, 15) is 9.59 Å². The summed E-state index contributed by atoms with van der Waals surface area (Å²) in [5, 5.41) is 18.0. The van der Waals surface area contributed by atoms with Gasteiger partial charge >= 0.3 is 11.9 Å². The molecule has 0 atom stereocenters. The van der Waals surface area contributed by atoms with Gasteiger partial charge < -0.3 is 19.7 Å². The van der Waals surface area contributed by atoms with Crippen LogP contribution in [0.1, 0.15) is 21.0 Å². The molecule has 108 valence electrons. The highest BCUT2D eigenvalue weighted by atomic mass is 35.5. The van der Waals surface area contributed by atoms with Crippen LogP contribution in [0.3, 0.4) is 0 Å². The van der Waals surface area contributed by atoms with Crippen molar-refractivity contribution in [1.29, 1.82) is 0 Å². The second-order valence-electron chi connectivity index (χ2n) is 3.92. The summed E-state index contributed by atoms with van der Waals surface area (Å²) >= 11 is 12.1. The topological polar surface area (TPSA) is 119 Å². The van der Waals surface area contributed by atoms with Gasteiger partial charge in [0.05, 0.1) is 0 Å². The Morgan fingerprint density at radius 1 is 0.905 bits per heavy atom. The van der Waals surface area contributed by atoms with E-state index in [1.54, 1.807) is 0 Å². The molecule has 0 saturated heterocycles. The first-order chi connectivity index (χ1) is 9.91. The molecule has 0 fully saturated rings. The van der Waals surface area contributed by atoms with Gasteiger partial charge in [-0.1, -0.05) is 23.2 Å².